The van der Waals surface area contributed by atoms with Gasteiger partial charge in [-0.3, -0.25) is 63.2 Å². The van der Waals surface area contributed by atoms with Crippen LogP contribution in [0.4, 0.5) is 51.2 Å². The van der Waals surface area contributed by atoms with Gasteiger partial charge >= 0.3 is 41.5 Å². The maximum atomic E-state index is 14.1. The average Bonchev–Trinajstić information content (AvgIpc) is 1.62. The standard InChI is InChI=1S/C51H52N4O6S2.C50H49N5O6S2.C4H6O4.C2H3BO2.Na/c1-31-19-41-42(52-28-39-24-36-12-8-10-14-44(36)55(39)50(41)58)27-45(31)60-29-32-20-33(22-38(21-32)53(4)48(56)17-18-51(2,3)63(6)62)30-61-47-25-34-15-16-37-23-35-11-7-9-13-43(35)54(37)49(57)40(34)26-46(47)59-5;1-30-17-38-40(51-26-36-21-33-11-7-9-13-42(33)54(36)48(38)57)24-44(30)60-28-31-18-32(20-35(19-31)53(4)47(56)15-16-50(2,3)63(6)62)29-61-46-25-41-39(23-45(46)59-5)49(58)55-37(27-52-41)22-34-12-8-10-14-43(34)55;1-3(5)7-8-4(2)6;1-2(4)5-3;/h7-14,19-22,25-28,37,39H,15-18,23-24,29-30H2,1-6H3;7-14,17-20,23-27,36-37H,15-16,21-22,28-29H2,1-6H3;1-2H3;1H3;/q;;;-1;+1/t37-,39+,63?;36-,37-,63?;;;/m10.../s1. The summed E-state index contributed by atoms with van der Waals surface area (Å²) in [7, 11) is 10.5. The molecule has 0 fully saturated rings. The normalized spacial score (nSPS) is 16.5. The molecule has 10 aromatic rings. The molecule has 0 bridgehead atoms. The number of hydrogen-bond acceptors (Lipinski definition) is 23. The van der Waals surface area contributed by atoms with Crippen LogP contribution in [0.2, 0.25) is 0 Å². The van der Waals surface area contributed by atoms with E-state index in [0.29, 0.717) is 124 Å². The molecule has 8 aliphatic rings. The van der Waals surface area contributed by atoms with Crippen LogP contribution in [0.15, 0.2) is 197 Å². The quantitative estimate of drug-likeness (QED) is 0.0308. The molecule has 0 saturated carbocycles. The number of aryl methyl sites for hydroxylation is 3. The molecule has 27 nitrogen and oxygen atoms in total. The van der Waals surface area contributed by atoms with Crippen molar-refractivity contribution < 1.29 is 116 Å². The first-order valence-electron chi connectivity index (χ1n) is 45.7. The topological polar surface area (TPSA) is 293 Å². The second-order valence-electron chi connectivity index (χ2n) is 36.5. The second-order valence-corrected chi connectivity index (χ2v) is 43.5. The van der Waals surface area contributed by atoms with E-state index in [4.69, 9.17) is 65.8 Å². The predicted octanol–water partition coefficient (Wildman–Crippen LogP) is 14.8. The van der Waals surface area contributed by atoms with Gasteiger partial charge in [0.2, 0.25) is 17.8 Å². The first-order valence-corrected chi connectivity index (χ1v) is 50.8. The van der Waals surface area contributed by atoms with E-state index in [1.165, 1.54) is 12.5 Å². The molecule has 6 amide bonds. The summed E-state index contributed by atoms with van der Waals surface area (Å²) in [6, 6.07) is 58.1. The summed E-state index contributed by atoms with van der Waals surface area (Å²) in [5, 5.41) is 0. The minimum absolute atomic E-state index is 0. The molecular weight excluding hydrogens is 1860 g/mol. The van der Waals surface area contributed by atoms with Gasteiger partial charge in [0.15, 0.2) is 23.0 Å². The smallest absolute Gasteiger partial charge is 0.793 e. The van der Waals surface area contributed by atoms with Gasteiger partial charge in [-0.25, -0.2) is 19.4 Å². The number of carbonyl (C=O) groups is 9. The fourth-order valence-electron chi connectivity index (χ4n) is 18.0. The second kappa shape index (κ2) is 44.5. The molecule has 2 unspecified atom stereocenters. The molecule has 0 aliphatic carbocycles. The van der Waals surface area contributed by atoms with E-state index in [9.17, 15) is 43.2 Å². The van der Waals surface area contributed by atoms with E-state index >= 15 is 0 Å². The Morgan fingerprint density at radius 2 is 0.736 bits per heavy atom. The van der Waals surface area contributed by atoms with Crippen molar-refractivity contribution in [3.63, 3.8) is 0 Å². The maximum absolute atomic E-state index is 14.1. The summed E-state index contributed by atoms with van der Waals surface area (Å²) in [5.74, 6) is 0.947. The van der Waals surface area contributed by atoms with Gasteiger partial charge in [-0.2, -0.15) is 0 Å². The number of nitrogens with zero attached hydrogens (tertiary/aromatic N) is 9. The summed E-state index contributed by atoms with van der Waals surface area (Å²) in [6.07, 6.45) is 16.2. The van der Waals surface area contributed by atoms with Crippen LogP contribution >= 0.6 is 0 Å². The van der Waals surface area contributed by atoms with Gasteiger partial charge in [-0.05, 0) is 211 Å². The third kappa shape index (κ3) is 23.0. The molecule has 8 heterocycles. The van der Waals surface area contributed by atoms with E-state index in [0.717, 1.165) is 118 Å². The molecule has 8 aliphatic heterocycles. The summed E-state index contributed by atoms with van der Waals surface area (Å²) in [4.78, 5) is 145. The Morgan fingerprint density at radius 3 is 1.09 bits per heavy atom. The number of amides is 6. The van der Waals surface area contributed by atoms with Crippen molar-refractivity contribution in [3.8, 4) is 34.5 Å². The Hall–Kier alpha value is -12.6. The van der Waals surface area contributed by atoms with Crippen LogP contribution in [-0.4, -0.2) is 155 Å². The molecule has 33 heteroatoms. The first-order chi connectivity index (χ1) is 66.5. The van der Waals surface area contributed by atoms with E-state index in [2.05, 4.69) is 68.4 Å². The average molecular weight is 1970 g/mol. The van der Waals surface area contributed by atoms with Crippen LogP contribution in [0.3, 0.4) is 0 Å². The molecule has 18 rings (SSSR count). The van der Waals surface area contributed by atoms with Gasteiger partial charge in [0, 0.05) is 159 Å². The molecule has 0 aromatic heterocycles. The van der Waals surface area contributed by atoms with Crippen LogP contribution in [-0.2, 0) is 138 Å². The minimum atomic E-state index is -0.639. The molecule has 719 valence electrons. The van der Waals surface area contributed by atoms with Crippen molar-refractivity contribution >= 4 is 173 Å². The van der Waals surface area contributed by atoms with Gasteiger partial charge in [0.1, 0.15) is 37.9 Å². The van der Waals surface area contributed by atoms with Crippen molar-refractivity contribution in [2.24, 2.45) is 15.0 Å². The minimum Gasteiger partial charge on any atom is -0.793 e. The Bertz CT molecular complexity index is 6690. The number of aliphatic imine (C=N–C) groups is 3. The van der Waals surface area contributed by atoms with Gasteiger partial charge in [0.25, 0.3) is 23.6 Å². The number of methoxy groups -OCH3 is 2. The number of ether oxygens (including phenoxy) is 6. The molecule has 3 radical (unpaired) electrons. The van der Waals surface area contributed by atoms with Crippen LogP contribution in [0.25, 0.3) is 0 Å². The summed E-state index contributed by atoms with van der Waals surface area (Å²) >= 11 is 11.2. The van der Waals surface area contributed by atoms with Gasteiger partial charge in [0.05, 0.1) is 66.1 Å². The molecule has 0 saturated heterocycles. The van der Waals surface area contributed by atoms with E-state index < -0.39 is 17.9 Å². The number of hydrogen-bond donors (Lipinski definition) is 0. The third-order valence-corrected chi connectivity index (χ3v) is 32.3. The summed E-state index contributed by atoms with van der Waals surface area (Å²) in [5.41, 5.74) is 19.2. The molecule has 6 atom stereocenters. The van der Waals surface area contributed by atoms with Crippen LogP contribution < -0.4 is 87.4 Å². The maximum Gasteiger partial charge on any atom is 1.00 e. The van der Waals surface area contributed by atoms with Crippen LogP contribution in [0, 0.1) is 13.8 Å². The van der Waals surface area contributed by atoms with Crippen LogP contribution in [0.5, 0.6) is 34.5 Å². The number of carbonyl (C=O) groups excluding carboxylic acids is 9. The van der Waals surface area contributed by atoms with E-state index in [-0.39, 0.29) is 144 Å². The van der Waals surface area contributed by atoms with Crippen molar-refractivity contribution in [1.29, 1.82) is 0 Å². The number of benzene rings is 10. The van der Waals surface area contributed by atoms with Crippen molar-refractivity contribution in [2.75, 3.05) is 70.2 Å². The Morgan fingerprint density at radius 1 is 0.421 bits per heavy atom. The van der Waals surface area contributed by atoms with Crippen LogP contribution in [0.1, 0.15) is 183 Å². The molecule has 0 N–H and O–H groups in total. The summed E-state index contributed by atoms with van der Waals surface area (Å²) in [6.45, 7) is 16.5. The van der Waals surface area contributed by atoms with Gasteiger partial charge < -0.3 is 55.8 Å². The Labute approximate surface area is 853 Å². The Balaban J connectivity index is 0.000000197. The fourth-order valence-corrected chi connectivity index (χ4v) is 19.3. The third-order valence-electron chi connectivity index (χ3n) is 26.1. The van der Waals surface area contributed by atoms with E-state index in [1.807, 2.05) is 211 Å². The van der Waals surface area contributed by atoms with Crippen molar-refractivity contribution in [2.45, 2.75) is 187 Å². The SMILES string of the molecule is CC(=O)OOC(C)=O.COc1cc2c(cc1OCc1cc(COc3cc4c(cc3C)C(=O)N3c5ccccc5C[C@H]3C=N4)cc(N(C)C(=O)CCC(C)(C)S(C)=S)c1)CC[C@@H]1Cc3ccccc3N1C2=O.COc1cc2c(cc1OCc1cc(COc3cc4c(cc3C)C(=O)N3c5ccccc5C[C@H]3C=N4)cc(N(C)C(=O)CCC(C)(C)S(C)=S)c1)N=C[C@@H]1Cc3ccccc3N1C2=O.[B-]OC(C)=O.[Na+]. The fraction of sp³-hybridized carbons (Fsp3) is 0.327. The zero-order valence-electron chi connectivity index (χ0n) is 81.3. The number of para-hydroxylation sites is 4. The Kier molecular flexibility index (Phi) is 32.8. The van der Waals surface area contributed by atoms with Gasteiger partial charge in [-0.15, -0.1) is 18.9 Å². The van der Waals surface area contributed by atoms with Crippen molar-refractivity contribution in [1.82, 2.24) is 0 Å². The molecule has 10 aromatic carbocycles. The van der Waals surface area contributed by atoms with E-state index in [1.54, 1.807) is 55.1 Å². The zero-order chi connectivity index (χ0) is 99.2. The zero-order valence-corrected chi connectivity index (χ0v) is 86.6. The number of rotatable bonds is 24. The first kappa shape index (κ1) is 103. The van der Waals surface area contributed by atoms with Crippen molar-refractivity contribution in [3.05, 3.63) is 265 Å². The number of fused-ring (bicyclic) bond motifs is 16. The molecule has 0 spiro atoms. The molecular formula is C107H110BN9NaO18S4. The predicted molar refractivity (Wildman–Crippen MR) is 550 cm³/mol. The van der Waals surface area contributed by atoms with Gasteiger partial charge in [-0.1, -0.05) is 123 Å². The summed E-state index contributed by atoms with van der Waals surface area (Å²) < 4.78 is 41.0. The molecule has 140 heavy (non-hydrogen) atoms. The number of anilines is 6. The monoisotopic (exact) mass is 1970 g/mol. The largest absolute Gasteiger partial charge is 1.00 e.